The van der Waals surface area contributed by atoms with Crippen LogP contribution in [0.2, 0.25) is 5.02 Å². The Morgan fingerprint density at radius 3 is 2.71 bits per heavy atom. The van der Waals surface area contributed by atoms with Crippen LogP contribution in [0.15, 0.2) is 36.4 Å². The maximum absolute atomic E-state index is 13.9. The summed E-state index contributed by atoms with van der Waals surface area (Å²) < 4.78 is 24.8. The zero-order chi connectivity index (χ0) is 14.8. The summed E-state index contributed by atoms with van der Waals surface area (Å²) in [5, 5.41) is 10.3. The van der Waals surface area contributed by atoms with Gasteiger partial charge in [0.05, 0.1) is 11.1 Å². The summed E-state index contributed by atoms with van der Waals surface area (Å²) >= 11 is 5.74. The van der Waals surface area contributed by atoms with Crippen molar-refractivity contribution in [3.05, 3.63) is 58.4 Å². The Morgan fingerprint density at radius 2 is 1.90 bits per heavy atom. The number of fused-ring (bicyclic) bond motifs is 1. The lowest BCUT2D eigenvalue weighted by Gasteiger charge is -2.20. The number of hydrogen-bond acceptors (Lipinski definition) is 3. The van der Waals surface area contributed by atoms with Crippen LogP contribution in [-0.4, -0.2) is 18.3 Å². The Hall–Kier alpha value is -1.78. The molecule has 3 rings (SSSR count). The minimum atomic E-state index is -0.839. The third kappa shape index (κ3) is 2.96. The Morgan fingerprint density at radius 1 is 1.14 bits per heavy atom. The smallest absolute Gasteiger partial charge is 0.161 e. The second-order valence-corrected chi connectivity index (χ2v) is 5.24. The van der Waals surface area contributed by atoms with Gasteiger partial charge in [-0.15, -0.1) is 0 Å². The number of rotatable bonds is 3. The Bertz CT molecular complexity index is 660. The molecule has 0 saturated heterocycles. The molecule has 1 unspecified atom stereocenters. The van der Waals surface area contributed by atoms with Gasteiger partial charge in [-0.3, -0.25) is 0 Å². The van der Waals surface area contributed by atoms with Gasteiger partial charge in [-0.25, -0.2) is 4.39 Å². The van der Waals surface area contributed by atoms with Gasteiger partial charge in [-0.2, -0.15) is 0 Å². The van der Waals surface area contributed by atoms with Crippen molar-refractivity contribution in [2.75, 3.05) is 13.2 Å². The molecule has 0 fully saturated rings. The normalized spacial score (nSPS) is 14.8. The molecule has 2 aromatic rings. The molecule has 2 aromatic carbocycles. The molecule has 0 bridgehead atoms. The first kappa shape index (κ1) is 14.2. The van der Waals surface area contributed by atoms with E-state index >= 15 is 0 Å². The molecular weight excluding hydrogens is 295 g/mol. The minimum absolute atomic E-state index is 0.0573. The average molecular weight is 309 g/mol. The molecule has 110 valence electrons. The van der Waals surface area contributed by atoms with Gasteiger partial charge in [0.25, 0.3) is 0 Å². The van der Waals surface area contributed by atoms with Crippen molar-refractivity contribution >= 4 is 11.6 Å². The number of aliphatic hydroxyl groups excluding tert-OH is 1. The number of aliphatic hydroxyl groups is 1. The Labute approximate surface area is 126 Å². The number of hydrogen-bond donors (Lipinski definition) is 1. The molecule has 0 spiro atoms. The van der Waals surface area contributed by atoms with Crippen LogP contribution in [0.5, 0.6) is 11.5 Å². The summed E-state index contributed by atoms with van der Waals surface area (Å²) in [4.78, 5) is 0. The molecule has 21 heavy (non-hydrogen) atoms. The van der Waals surface area contributed by atoms with Crippen LogP contribution in [0, 0.1) is 5.82 Å². The van der Waals surface area contributed by atoms with E-state index in [1.807, 2.05) is 0 Å². The molecule has 0 aliphatic carbocycles. The molecule has 0 radical (unpaired) electrons. The fourth-order valence-corrected chi connectivity index (χ4v) is 2.49. The minimum Gasteiger partial charge on any atom is -0.486 e. The molecule has 3 nitrogen and oxygen atoms in total. The molecule has 1 aliphatic heterocycles. The standard InChI is InChI=1S/C16H14ClFO3/c17-12-3-1-2-11(16(12)18)8-13(19)10-4-5-14-15(9-10)21-7-6-20-14/h1-5,9,13,19H,6-8H2. The first-order chi connectivity index (χ1) is 10.1. The van der Waals surface area contributed by atoms with Gasteiger partial charge in [0.2, 0.25) is 0 Å². The van der Waals surface area contributed by atoms with Gasteiger partial charge in [0.1, 0.15) is 19.0 Å². The Balaban J connectivity index is 1.82. The fourth-order valence-electron chi connectivity index (χ4n) is 2.30. The van der Waals surface area contributed by atoms with Crippen molar-refractivity contribution in [2.24, 2.45) is 0 Å². The van der Waals surface area contributed by atoms with Crippen molar-refractivity contribution in [3.8, 4) is 11.5 Å². The van der Waals surface area contributed by atoms with Gasteiger partial charge in [0, 0.05) is 6.42 Å². The highest BCUT2D eigenvalue weighted by Gasteiger charge is 2.17. The molecular formula is C16H14ClFO3. The average Bonchev–Trinajstić information content (AvgIpc) is 2.51. The SMILES string of the molecule is OC(Cc1cccc(Cl)c1F)c1ccc2c(c1)OCCO2. The van der Waals surface area contributed by atoms with Crippen LogP contribution < -0.4 is 9.47 Å². The van der Waals surface area contributed by atoms with Crippen molar-refractivity contribution in [1.29, 1.82) is 0 Å². The van der Waals surface area contributed by atoms with Crippen LogP contribution in [-0.2, 0) is 6.42 Å². The highest BCUT2D eigenvalue weighted by molar-refractivity contribution is 6.30. The summed E-state index contributed by atoms with van der Waals surface area (Å²) in [5.41, 5.74) is 1.03. The van der Waals surface area contributed by atoms with Gasteiger partial charge < -0.3 is 14.6 Å². The lowest BCUT2D eigenvalue weighted by Crippen LogP contribution is -2.15. The summed E-state index contributed by atoms with van der Waals surface area (Å²) in [7, 11) is 0. The molecule has 1 atom stereocenters. The van der Waals surface area contributed by atoms with E-state index in [0.717, 1.165) is 0 Å². The topological polar surface area (TPSA) is 38.7 Å². The van der Waals surface area contributed by atoms with Crippen molar-refractivity contribution in [2.45, 2.75) is 12.5 Å². The highest BCUT2D eigenvalue weighted by Crippen LogP contribution is 2.33. The Kier molecular flexibility index (Phi) is 3.99. The second kappa shape index (κ2) is 5.92. The largest absolute Gasteiger partial charge is 0.486 e. The van der Waals surface area contributed by atoms with E-state index in [1.54, 1.807) is 30.3 Å². The number of benzene rings is 2. The van der Waals surface area contributed by atoms with Gasteiger partial charge in [-0.1, -0.05) is 29.8 Å². The lowest BCUT2D eigenvalue weighted by molar-refractivity contribution is 0.164. The van der Waals surface area contributed by atoms with Crippen molar-refractivity contribution < 1.29 is 19.0 Å². The van der Waals surface area contributed by atoms with E-state index in [4.69, 9.17) is 21.1 Å². The first-order valence-electron chi connectivity index (χ1n) is 6.65. The number of ether oxygens (including phenoxy) is 2. The maximum atomic E-state index is 13.9. The molecule has 5 heteroatoms. The van der Waals surface area contributed by atoms with Crippen LogP contribution in [0.1, 0.15) is 17.2 Å². The van der Waals surface area contributed by atoms with E-state index in [0.29, 0.717) is 35.8 Å². The highest BCUT2D eigenvalue weighted by atomic mass is 35.5. The predicted octanol–water partition coefficient (Wildman–Crippen LogP) is 3.53. The maximum Gasteiger partial charge on any atom is 0.161 e. The summed E-state index contributed by atoms with van der Waals surface area (Å²) in [6, 6.07) is 9.99. The third-order valence-electron chi connectivity index (χ3n) is 3.40. The zero-order valence-corrected chi connectivity index (χ0v) is 11.9. The third-order valence-corrected chi connectivity index (χ3v) is 3.69. The monoisotopic (exact) mass is 308 g/mol. The summed E-state index contributed by atoms with van der Waals surface area (Å²) in [5.74, 6) is 0.770. The fraction of sp³-hybridized carbons (Fsp3) is 0.250. The van der Waals surface area contributed by atoms with E-state index in [2.05, 4.69) is 0 Å². The molecule has 0 amide bonds. The molecule has 0 saturated carbocycles. The molecule has 0 aromatic heterocycles. The molecule has 1 heterocycles. The second-order valence-electron chi connectivity index (χ2n) is 4.84. The lowest BCUT2D eigenvalue weighted by atomic mass is 10.0. The van der Waals surface area contributed by atoms with Gasteiger partial charge in [0.15, 0.2) is 11.5 Å². The molecule has 1 N–H and O–H groups in total. The molecule has 1 aliphatic rings. The van der Waals surface area contributed by atoms with E-state index in [-0.39, 0.29) is 11.4 Å². The van der Waals surface area contributed by atoms with E-state index in [9.17, 15) is 9.50 Å². The quantitative estimate of drug-likeness (QED) is 0.943. The van der Waals surface area contributed by atoms with Crippen LogP contribution >= 0.6 is 11.6 Å². The zero-order valence-electron chi connectivity index (χ0n) is 11.2. The van der Waals surface area contributed by atoms with Gasteiger partial charge in [-0.05, 0) is 29.3 Å². The van der Waals surface area contributed by atoms with Gasteiger partial charge >= 0.3 is 0 Å². The van der Waals surface area contributed by atoms with Crippen molar-refractivity contribution in [1.82, 2.24) is 0 Å². The van der Waals surface area contributed by atoms with Crippen LogP contribution in [0.4, 0.5) is 4.39 Å². The number of halogens is 2. The van der Waals surface area contributed by atoms with E-state index in [1.165, 1.54) is 6.07 Å². The van der Waals surface area contributed by atoms with Crippen molar-refractivity contribution in [3.63, 3.8) is 0 Å². The summed E-state index contributed by atoms with van der Waals surface area (Å²) in [6.45, 7) is 0.998. The van der Waals surface area contributed by atoms with Crippen LogP contribution in [0.3, 0.4) is 0 Å². The summed E-state index contributed by atoms with van der Waals surface area (Å²) in [6.07, 6.45) is -0.694. The van der Waals surface area contributed by atoms with E-state index < -0.39 is 11.9 Å². The van der Waals surface area contributed by atoms with Crippen LogP contribution in [0.25, 0.3) is 0 Å². The first-order valence-corrected chi connectivity index (χ1v) is 7.03. The predicted molar refractivity (Wildman–Crippen MR) is 77.5 cm³/mol.